The second kappa shape index (κ2) is 10.7. The molecule has 1 aliphatic carbocycles. The van der Waals surface area contributed by atoms with Crippen LogP contribution in [0.4, 0.5) is 0 Å². The first-order valence-corrected chi connectivity index (χ1v) is 14.5. The number of aliphatic hydroxyl groups is 1. The van der Waals surface area contributed by atoms with Gasteiger partial charge in [0.1, 0.15) is 17.9 Å². The first-order chi connectivity index (χ1) is 19.3. The maximum Gasteiger partial charge on any atom is 0.339 e. The quantitative estimate of drug-likeness (QED) is 0.294. The lowest BCUT2D eigenvalue weighted by molar-refractivity contribution is -0.143. The summed E-state index contributed by atoms with van der Waals surface area (Å²) in [6.45, 7) is 5.44. The summed E-state index contributed by atoms with van der Waals surface area (Å²) in [7, 11) is 0. The van der Waals surface area contributed by atoms with Crippen LogP contribution in [0.5, 0.6) is 5.75 Å². The molecule has 0 unspecified atom stereocenters. The van der Waals surface area contributed by atoms with Gasteiger partial charge in [-0.3, -0.25) is 4.79 Å². The summed E-state index contributed by atoms with van der Waals surface area (Å²) in [5.41, 5.74) is 2.78. The second-order valence-electron chi connectivity index (χ2n) is 11.7. The van der Waals surface area contributed by atoms with Gasteiger partial charge in [0.25, 0.3) is 0 Å². The van der Waals surface area contributed by atoms with Crippen molar-refractivity contribution in [1.82, 2.24) is 4.90 Å². The van der Waals surface area contributed by atoms with Crippen LogP contribution in [-0.4, -0.2) is 34.6 Å². The molecular formula is C34H37NO5. The molecule has 0 radical (unpaired) electrons. The van der Waals surface area contributed by atoms with E-state index in [0.717, 1.165) is 47.8 Å². The third kappa shape index (κ3) is 5.01. The molecule has 1 amide bonds. The predicted octanol–water partition coefficient (Wildman–Crippen LogP) is 6.23. The number of fused-ring (bicyclic) bond motifs is 3. The Kier molecular flexibility index (Phi) is 7.13. The van der Waals surface area contributed by atoms with Crippen molar-refractivity contribution in [3.8, 4) is 5.75 Å². The van der Waals surface area contributed by atoms with Crippen LogP contribution in [-0.2, 0) is 17.8 Å². The van der Waals surface area contributed by atoms with Crippen molar-refractivity contribution in [2.75, 3.05) is 13.1 Å². The van der Waals surface area contributed by atoms with Gasteiger partial charge in [0, 0.05) is 41.9 Å². The number of hydrogen-bond donors (Lipinski definition) is 1. The average Bonchev–Trinajstić information content (AvgIpc) is 2.96. The van der Waals surface area contributed by atoms with E-state index in [1.54, 1.807) is 0 Å². The van der Waals surface area contributed by atoms with Crippen LogP contribution in [0.1, 0.15) is 60.8 Å². The monoisotopic (exact) mass is 539 g/mol. The molecule has 0 spiro atoms. The lowest BCUT2D eigenvalue weighted by Gasteiger charge is -2.47. The van der Waals surface area contributed by atoms with Gasteiger partial charge in [0.2, 0.25) is 5.91 Å². The molecule has 208 valence electrons. The van der Waals surface area contributed by atoms with Crippen molar-refractivity contribution >= 4 is 27.6 Å². The van der Waals surface area contributed by atoms with Crippen molar-refractivity contribution in [3.63, 3.8) is 0 Å². The Hall–Kier alpha value is -3.64. The van der Waals surface area contributed by atoms with Crippen LogP contribution in [0, 0.1) is 19.8 Å². The van der Waals surface area contributed by atoms with Crippen molar-refractivity contribution in [2.45, 2.75) is 71.0 Å². The Morgan fingerprint density at radius 3 is 2.73 bits per heavy atom. The summed E-state index contributed by atoms with van der Waals surface area (Å²) >= 11 is 0. The van der Waals surface area contributed by atoms with Crippen molar-refractivity contribution < 1.29 is 19.1 Å². The topological polar surface area (TPSA) is 80.0 Å². The smallest absolute Gasteiger partial charge is 0.339 e. The molecule has 6 rings (SSSR count). The van der Waals surface area contributed by atoms with Crippen LogP contribution in [0.3, 0.4) is 0 Å². The fourth-order valence-corrected chi connectivity index (χ4v) is 6.69. The maximum atomic E-state index is 13.1. The number of carbonyl (C=O) groups excluding carboxylic acids is 1. The normalized spacial score (nSPS) is 21.0. The van der Waals surface area contributed by atoms with E-state index in [1.807, 2.05) is 43.0 Å². The van der Waals surface area contributed by atoms with Gasteiger partial charge < -0.3 is 19.2 Å². The van der Waals surface area contributed by atoms with Gasteiger partial charge in [0.05, 0.1) is 5.60 Å². The number of ether oxygens (including phenoxy) is 1. The Morgan fingerprint density at radius 2 is 1.88 bits per heavy atom. The van der Waals surface area contributed by atoms with Gasteiger partial charge >= 0.3 is 5.63 Å². The summed E-state index contributed by atoms with van der Waals surface area (Å²) in [6.07, 6.45) is 5.23. The van der Waals surface area contributed by atoms with Crippen molar-refractivity contribution in [1.29, 1.82) is 0 Å². The summed E-state index contributed by atoms with van der Waals surface area (Å²) in [5.74, 6) is 0.881. The molecule has 6 nitrogen and oxygen atoms in total. The zero-order valence-electron chi connectivity index (χ0n) is 23.4. The molecule has 1 saturated heterocycles. The number of piperidine rings is 1. The number of benzene rings is 3. The third-order valence-corrected chi connectivity index (χ3v) is 9.23. The van der Waals surface area contributed by atoms with E-state index in [4.69, 9.17) is 9.15 Å². The highest BCUT2D eigenvalue weighted by atomic mass is 16.5. The van der Waals surface area contributed by atoms with Crippen LogP contribution < -0.4 is 10.4 Å². The molecule has 3 aromatic carbocycles. The van der Waals surface area contributed by atoms with Crippen molar-refractivity contribution in [2.24, 2.45) is 5.92 Å². The molecule has 1 aliphatic heterocycles. The maximum absolute atomic E-state index is 13.1. The Morgan fingerprint density at radius 1 is 1.05 bits per heavy atom. The summed E-state index contributed by atoms with van der Waals surface area (Å²) < 4.78 is 12.0. The number of hydrogen-bond acceptors (Lipinski definition) is 5. The minimum atomic E-state index is -0.610. The lowest BCUT2D eigenvalue weighted by atomic mass is 9.71. The Bertz CT molecular complexity index is 1640. The van der Waals surface area contributed by atoms with Crippen LogP contribution in [0.15, 0.2) is 63.8 Å². The SMILES string of the molecule is Cc1c(CCC(=O)N2CC[C@]3(O)CCCC[C@H]3C2)c(=O)oc2c(C)c(OCc3ccc4ccccc4c3)ccc12. The minimum Gasteiger partial charge on any atom is -0.488 e. The average molecular weight is 540 g/mol. The van der Waals surface area contributed by atoms with E-state index < -0.39 is 11.2 Å². The largest absolute Gasteiger partial charge is 0.488 e. The lowest BCUT2D eigenvalue weighted by Crippen LogP contribution is -2.54. The van der Waals surface area contributed by atoms with Crippen LogP contribution in [0.25, 0.3) is 21.7 Å². The highest BCUT2D eigenvalue weighted by Gasteiger charge is 2.43. The van der Waals surface area contributed by atoms with E-state index >= 15 is 0 Å². The van der Waals surface area contributed by atoms with Crippen molar-refractivity contribution in [3.05, 3.63) is 87.3 Å². The van der Waals surface area contributed by atoms with E-state index in [2.05, 4.69) is 30.3 Å². The molecule has 2 aliphatic rings. The molecular weight excluding hydrogens is 502 g/mol. The van der Waals surface area contributed by atoms with Gasteiger partial charge in [-0.05, 0) is 79.6 Å². The number of nitrogens with zero attached hydrogens (tertiary/aromatic N) is 1. The Labute approximate surface area is 234 Å². The van der Waals surface area contributed by atoms with E-state index in [-0.39, 0.29) is 18.2 Å². The number of amides is 1. The number of rotatable bonds is 6. The highest BCUT2D eigenvalue weighted by molar-refractivity contribution is 5.86. The Balaban J connectivity index is 1.15. The molecule has 2 fully saturated rings. The molecule has 40 heavy (non-hydrogen) atoms. The molecule has 4 aromatic rings. The van der Waals surface area contributed by atoms with Gasteiger partial charge in [0.15, 0.2) is 0 Å². The first-order valence-electron chi connectivity index (χ1n) is 14.5. The minimum absolute atomic E-state index is 0.0418. The first kappa shape index (κ1) is 26.6. The van der Waals surface area contributed by atoms with E-state index in [1.165, 1.54) is 10.8 Å². The fraction of sp³-hybridized carbons (Fsp3) is 0.412. The fourth-order valence-electron chi connectivity index (χ4n) is 6.69. The van der Waals surface area contributed by atoms with Gasteiger partial charge in [-0.15, -0.1) is 0 Å². The number of likely N-dealkylation sites (tertiary alicyclic amines) is 1. The molecule has 2 atom stereocenters. The molecule has 1 aromatic heterocycles. The number of aryl methyl sites for hydroxylation is 2. The highest BCUT2D eigenvalue weighted by Crippen LogP contribution is 2.40. The summed E-state index contributed by atoms with van der Waals surface area (Å²) in [6, 6.07) is 18.4. The standard InChI is InChI=1S/C34H37NO5/c1-22-28-12-14-30(39-21-24-10-11-25-7-3-4-8-26(25)19-24)23(2)32(28)40-33(37)29(22)13-15-31(36)35-18-17-34(38)16-6-5-9-27(34)20-35/h3-4,7-8,10-12,14,19,27,38H,5-6,9,13,15-18,20-21H2,1-2H3/t27-,34+/m0/s1. The molecule has 0 bridgehead atoms. The zero-order chi connectivity index (χ0) is 27.9. The second-order valence-corrected chi connectivity index (χ2v) is 11.7. The van der Waals surface area contributed by atoms with Crippen LogP contribution >= 0.6 is 0 Å². The summed E-state index contributed by atoms with van der Waals surface area (Å²) in [4.78, 5) is 28.0. The molecule has 1 saturated carbocycles. The van der Waals surface area contributed by atoms with Gasteiger partial charge in [-0.1, -0.05) is 49.2 Å². The summed E-state index contributed by atoms with van der Waals surface area (Å²) in [5, 5.41) is 14.2. The van der Waals surface area contributed by atoms with Gasteiger partial charge in [-0.25, -0.2) is 4.79 Å². The van der Waals surface area contributed by atoms with Crippen LogP contribution in [0.2, 0.25) is 0 Å². The predicted molar refractivity (Wildman–Crippen MR) is 157 cm³/mol. The van der Waals surface area contributed by atoms with Gasteiger partial charge in [-0.2, -0.15) is 0 Å². The zero-order valence-corrected chi connectivity index (χ0v) is 23.4. The molecule has 2 heterocycles. The number of carbonyl (C=O) groups is 1. The third-order valence-electron chi connectivity index (χ3n) is 9.23. The molecule has 1 N–H and O–H groups in total. The van der Waals surface area contributed by atoms with E-state index in [9.17, 15) is 14.7 Å². The van der Waals surface area contributed by atoms with E-state index in [0.29, 0.717) is 49.4 Å². The molecule has 6 heteroatoms.